The van der Waals surface area contributed by atoms with Crippen molar-refractivity contribution in [1.29, 1.82) is 0 Å². The summed E-state index contributed by atoms with van der Waals surface area (Å²) in [5, 5.41) is 0.561. The predicted molar refractivity (Wildman–Crippen MR) is 78.1 cm³/mol. The average molecular weight is 278 g/mol. The lowest BCUT2D eigenvalue weighted by Crippen LogP contribution is -2.07. The van der Waals surface area contributed by atoms with Crippen LogP contribution in [-0.2, 0) is 0 Å². The van der Waals surface area contributed by atoms with Crippen molar-refractivity contribution in [2.45, 2.75) is 20.0 Å². The zero-order valence-electron chi connectivity index (χ0n) is 10.9. The van der Waals surface area contributed by atoms with Gasteiger partial charge in [0.25, 0.3) is 0 Å². The van der Waals surface area contributed by atoms with Crippen LogP contribution in [0.2, 0.25) is 5.02 Å². The highest BCUT2D eigenvalue weighted by Crippen LogP contribution is 2.33. The normalized spacial score (nSPS) is 10.5. The first-order valence-corrected chi connectivity index (χ1v) is 6.42. The Bertz CT molecular complexity index is 570. The van der Waals surface area contributed by atoms with Crippen LogP contribution in [0.5, 0.6) is 17.2 Å². The molecular formula is C15H16ClNO2. The first-order chi connectivity index (χ1) is 9.06. The number of hydrogen-bond donors (Lipinski definition) is 1. The smallest absolute Gasteiger partial charge is 0.146 e. The van der Waals surface area contributed by atoms with Crippen LogP contribution in [-0.4, -0.2) is 6.10 Å². The summed E-state index contributed by atoms with van der Waals surface area (Å²) in [6.07, 6.45) is 0.0536. The van der Waals surface area contributed by atoms with Gasteiger partial charge >= 0.3 is 0 Å². The van der Waals surface area contributed by atoms with Gasteiger partial charge in [0.1, 0.15) is 17.2 Å². The van der Waals surface area contributed by atoms with Crippen molar-refractivity contribution in [3.8, 4) is 17.2 Å². The van der Waals surface area contributed by atoms with Crippen LogP contribution in [0.1, 0.15) is 13.8 Å². The third-order valence-corrected chi connectivity index (χ3v) is 2.72. The Hall–Kier alpha value is -1.87. The second-order valence-electron chi connectivity index (χ2n) is 4.40. The molecule has 0 aliphatic heterocycles. The number of anilines is 1. The summed E-state index contributed by atoms with van der Waals surface area (Å²) in [6, 6.07) is 12.6. The van der Waals surface area contributed by atoms with Gasteiger partial charge in [0, 0.05) is 6.07 Å². The highest BCUT2D eigenvalue weighted by molar-refractivity contribution is 6.32. The van der Waals surface area contributed by atoms with Gasteiger partial charge in [0.2, 0.25) is 0 Å². The van der Waals surface area contributed by atoms with E-state index in [1.165, 1.54) is 0 Å². The number of rotatable bonds is 4. The molecule has 19 heavy (non-hydrogen) atoms. The molecule has 2 rings (SSSR count). The zero-order valence-corrected chi connectivity index (χ0v) is 11.6. The summed E-state index contributed by atoms with van der Waals surface area (Å²) >= 11 is 6.05. The van der Waals surface area contributed by atoms with E-state index in [0.717, 1.165) is 0 Å². The number of para-hydroxylation sites is 1. The van der Waals surface area contributed by atoms with E-state index in [1.54, 1.807) is 24.3 Å². The van der Waals surface area contributed by atoms with E-state index in [1.807, 2.05) is 32.0 Å². The topological polar surface area (TPSA) is 44.5 Å². The fourth-order valence-electron chi connectivity index (χ4n) is 1.59. The number of benzene rings is 2. The number of nitrogens with two attached hydrogens (primary N) is 1. The maximum atomic E-state index is 6.05. The molecule has 4 heteroatoms. The summed E-state index contributed by atoms with van der Waals surface area (Å²) in [5.74, 6) is 1.85. The summed E-state index contributed by atoms with van der Waals surface area (Å²) in [4.78, 5) is 0. The van der Waals surface area contributed by atoms with E-state index in [9.17, 15) is 0 Å². The third-order valence-electron chi connectivity index (χ3n) is 2.41. The van der Waals surface area contributed by atoms with E-state index < -0.39 is 0 Å². The van der Waals surface area contributed by atoms with E-state index in [2.05, 4.69) is 0 Å². The van der Waals surface area contributed by atoms with Crippen LogP contribution < -0.4 is 15.2 Å². The van der Waals surface area contributed by atoms with E-state index in [0.29, 0.717) is 28.0 Å². The van der Waals surface area contributed by atoms with E-state index in [-0.39, 0.29) is 6.10 Å². The maximum Gasteiger partial charge on any atom is 0.146 e. The lowest BCUT2D eigenvalue weighted by atomic mass is 10.2. The standard InChI is InChI=1S/C15H16ClNO2/c1-10(2)18-15-9-11(7-8-13(15)17)19-14-6-4-3-5-12(14)16/h3-10H,17H2,1-2H3. The Morgan fingerprint density at radius 1 is 1.05 bits per heavy atom. The Labute approximate surface area is 117 Å². The lowest BCUT2D eigenvalue weighted by molar-refractivity contribution is 0.243. The predicted octanol–water partition coefficient (Wildman–Crippen LogP) is 4.50. The molecule has 0 spiro atoms. The minimum atomic E-state index is 0.0536. The van der Waals surface area contributed by atoms with Crippen LogP contribution in [0.4, 0.5) is 5.69 Å². The minimum absolute atomic E-state index is 0.0536. The van der Waals surface area contributed by atoms with Gasteiger partial charge in [0.15, 0.2) is 0 Å². The lowest BCUT2D eigenvalue weighted by Gasteiger charge is -2.14. The van der Waals surface area contributed by atoms with Crippen LogP contribution in [0, 0.1) is 0 Å². The molecule has 0 amide bonds. The number of ether oxygens (including phenoxy) is 2. The molecule has 0 unspecified atom stereocenters. The third kappa shape index (κ3) is 3.55. The fourth-order valence-corrected chi connectivity index (χ4v) is 1.76. The number of hydrogen-bond acceptors (Lipinski definition) is 3. The molecule has 0 saturated carbocycles. The summed E-state index contributed by atoms with van der Waals surface area (Å²) in [5.41, 5.74) is 6.44. The van der Waals surface area contributed by atoms with Gasteiger partial charge in [-0.1, -0.05) is 23.7 Å². The molecule has 0 atom stereocenters. The Kier molecular flexibility index (Phi) is 4.17. The second-order valence-corrected chi connectivity index (χ2v) is 4.81. The zero-order chi connectivity index (χ0) is 13.8. The van der Waals surface area contributed by atoms with Crippen molar-refractivity contribution in [2.75, 3.05) is 5.73 Å². The van der Waals surface area contributed by atoms with Gasteiger partial charge in [-0.05, 0) is 38.1 Å². The molecule has 0 aliphatic carbocycles. The van der Waals surface area contributed by atoms with Crippen molar-refractivity contribution in [1.82, 2.24) is 0 Å². The molecule has 0 aromatic heterocycles. The molecule has 0 radical (unpaired) electrons. The van der Waals surface area contributed by atoms with Crippen LogP contribution in [0.3, 0.4) is 0 Å². The highest BCUT2D eigenvalue weighted by Gasteiger charge is 2.07. The number of nitrogen functional groups attached to an aromatic ring is 1. The SMILES string of the molecule is CC(C)Oc1cc(Oc2ccccc2Cl)ccc1N. The van der Waals surface area contributed by atoms with Gasteiger partial charge in [-0.25, -0.2) is 0 Å². The average Bonchev–Trinajstić information content (AvgIpc) is 2.35. The monoisotopic (exact) mass is 277 g/mol. The van der Waals surface area contributed by atoms with Gasteiger partial charge < -0.3 is 15.2 Å². The van der Waals surface area contributed by atoms with Gasteiger partial charge in [-0.2, -0.15) is 0 Å². The molecule has 2 aromatic rings. The van der Waals surface area contributed by atoms with Crippen molar-refractivity contribution < 1.29 is 9.47 Å². The van der Waals surface area contributed by atoms with Gasteiger partial charge in [-0.3, -0.25) is 0 Å². The number of halogens is 1. The molecule has 100 valence electrons. The van der Waals surface area contributed by atoms with E-state index in [4.69, 9.17) is 26.8 Å². The second kappa shape index (κ2) is 5.85. The molecule has 0 fully saturated rings. The van der Waals surface area contributed by atoms with Gasteiger partial charge in [-0.15, -0.1) is 0 Å². The fraction of sp³-hybridized carbons (Fsp3) is 0.200. The Balaban J connectivity index is 2.24. The molecule has 3 nitrogen and oxygen atoms in total. The van der Waals surface area contributed by atoms with Crippen LogP contribution in [0.15, 0.2) is 42.5 Å². The van der Waals surface area contributed by atoms with Gasteiger partial charge in [0.05, 0.1) is 16.8 Å². The van der Waals surface area contributed by atoms with Crippen molar-refractivity contribution in [3.05, 3.63) is 47.5 Å². The molecule has 2 N–H and O–H groups in total. The summed E-state index contributed by atoms with van der Waals surface area (Å²) in [6.45, 7) is 3.89. The summed E-state index contributed by atoms with van der Waals surface area (Å²) in [7, 11) is 0. The van der Waals surface area contributed by atoms with Crippen molar-refractivity contribution >= 4 is 17.3 Å². The molecule has 0 aliphatic rings. The molecular weight excluding hydrogens is 262 g/mol. The maximum absolute atomic E-state index is 6.05. The van der Waals surface area contributed by atoms with Crippen molar-refractivity contribution in [3.63, 3.8) is 0 Å². The summed E-state index contributed by atoms with van der Waals surface area (Å²) < 4.78 is 11.3. The van der Waals surface area contributed by atoms with Crippen LogP contribution in [0.25, 0.3) is 0 Å². The Morgan fingerprint density at radius 3 is 2.47 bits per heavy atom. The first-order valence-electron chi connectivity index (χ1n) is 6.05. The quantitative estimate of drug-likeness (QED) is 0.837. The van der Waals surface area contributed by atoms with Crippen LogP contribution >= 0.6 is 11.6 Å². The molecule has 0 bridgehead atoms. The highest BCUT2D eigenvalue weighted by atomic mass is 35.5. The first kappa shape index (κ1) is 13.6. The molecule has 2 aromatic carbocycles. The minimum Gasteiger partial charge on any atom is -0.489 e. The molecule has 0 heterocycles. The largest absolute Gasteiger partial charge is 0.489 e. The Morgan fingerprint density at radius 2 is 1.79 bits per heavy atom. The van der Waals surface area contributed by atoms with E-state index >= 15 is 0 Å². The molecule has 0 saturated heterocycles. The van der Waals surface area contributed by atoms with Crippen molar-refractivity contribution in [2.24, 2.45) is 0 Å².